The van der Waals surface area contributed by atoms with Crippen LogP contribution >= 0.6 is 0 Å². The topological polar surface area (TPSA) is 73.3 Å². The first-order valence-corrected chi connectivity index (χ1v) is 7.02. The summed E-state index contributed by atoms with van der Waals surface area (Å²) in [6.45, 7) is 7.67. The van der Waals surface area contributed by atoms with E-state index in [1.165, 1.54) is 0 Å². The third-order valence-corrected chi connectivity index (χ3v) is 3.59. The summed E-state index contributed by atoms with van der Waals surface area (Å²) in [7, 11) is 1.76. The van der Waals surface area contributed by atoms with Crippen LogP contribution in [0.2, 0.25) is 0 Å². The van der Waals surface area contributed by atoms with Crippen LogP contribution in [-0.2, 0) is 9.53 Å². The average molecular weight is 287 g/mol. The Bertz CT molecular complexity index is 330. The summed E-state index contributed by atoms with van der Waals surface area (Å²) < 4.78 is 5.23. The lowest BCUT2D eigenvalue weighted by molar-refractivity contribution is -0.143. The van der Waals surface area contributed by atoms with E-state index in [-0.39, 0.29) is 6.03 Å². The van der Waals surface area contributed by atoms with Gasteiger partial charge in [-0.25, -0.2) is 4.79 Å². The van der Waals surface area contributed by atoms with Gasteiger partial charge >= 0.3 is 12.0 Å². The maximum Gasteiger partial charge on any atom is 0.320 e. The molecule has 0 aliphatic carbocycles. The second-order valence-corrected chi connectivity index (χ2v) is 4.94. The van der Waals surface area contributed by atoms with E-state index in [9.17, 15) is 9.59 Å². The Morgan fingerprint density at radius 1 is 1.30 bits per heavy atom. The molecule has 1 aliphatic rings. The number of nitrogens with zero attached hydrogens (tertiary/aromatic N) is 3. The molecule has 0 bridgehead atoms. The van der Waals surface area contributed by atoms with Crippen LogP contribution in [0, 0.1) is 0 Å². The molecule has 0 radical (unpaired) electrons. The molecular formula is C13H25N3O4. The van der Waals surface area contributed by atoms with Crippen LogP contribution in [0.5, 0.6) is 0 Å². The van der Waals surface area contributed by atoms with Crippen molar-refractivity contribution in [2.45, 2.75) is 19.9 Å². The van der Waals surface area contributed by atoms with E-state index in [2.05, 4.69) is 0 Å². The minimum Gasteiger partial charge on any atom is -0.480 e. The van der Waals surface area contributed by atoms with Crippen molar-refractivity contribution in [2.24, 2.45) is 0 Å². The van der Waals surface area contributed by atoms with Crippen molar-refractivity contribution in [2.75, 3.05) is 53.0 Å². The third kappa shape index (κ3) is 4.64. The second-order valence-electron chi connectivity index (χ2n) is 4.94. The van der Waals surface area contributed by atoms with Crippen molar-refractivity contribution in [1.29, 1.82) is 0 Å². The molecule has 20 heavy (non-hydrogen) atoms. The predicted molar refractivity (Wildman–Crippen MR) is 74.8 cm³/mol. The molecule has 0 aromatic rings. The van der Waals surface area contributed by atoms with Gasteiger partial charge in [0.25, 0.3) is 0 Å². The van der Waals surface area contributed by atoms with Crippen LogP contribution in [0.25, 0.3) is 0 Å². The minimum absolute atomic E-state index is 0.0210. The van der Waals surface area contributed by atoms with E-state index >= 15 is 0 Å². The van der Waals surface area contributed by atoms with Gasteiger partial charge in [0.1, 0.15) is 6.04 Å². The first kappa shape index (κ1) is 16.7. The zero-order valence-corrected chi connectivity index (χ0v) is 12.5. The number of likely N-dealkylation sites (N-methyl/N-ethyl adjacent to an activating group) is 1. The van der Waals surface area contributed by atoms with Crippen LogP contribution in [0.4, 0.5) is 4.79 Å². The molecule has 2 amide bonds. The Labute approximate surface area is 120 Å². The fourth-order valence-electron chi connectivity index (χ4n) is 2.14. The highest BCUT2D eigenvalue weighted by Crippen LogP contribution is 2.08. The summed E-state index contributed by atoms with van der Waals surface area (Å²) in [5, 5.41) is 8.97. The Kier molecular flexibility index (Phi) is 6.74. The molecule has 1 aliphatic heterocycles. The van der Waals surface area contributed by atoms with Gasteiger partial charge in [0, 0.05) is 46.4 Å². The maximum atomic E-state index is 12.2. The van der Waals surface area contributed by atoms with Gasteiger partial charge in [-0.2, -0.15) is 0 Å². The number of carbonyl (C=O) groups excluding carboxylic acids is 1. The first-order valence-electron chi connectivity index (χ1n) is 7.02. The molecule has 1 atom stereocenters. The molecule has 0 aromatic carbocycles. The molecule has 1 saturated heterocycles. The van der Waals surface area contributed by atoms with Crippen LogP contribution in [0.15, 0.2) is 0 Å². The van der Waals surface area contributed by atoms with Crippen molar-refractivity contribution < 1.29 is 19.4 Å². The van der Waals surface area contributed by atoms with E-state index < -0.39 is 12.0 Å². The van der Waals surface area contributed by atoms with Gasteiger partial charge in [0.15, 0.2) is 0 Å². The van der Waals surface area contributed by atoms with Gasteiger partial charge in [0.05, 0.1) is 6.61 Å². The van der Waals surface area contributed by atoms with E-state index in [0.717, 1.165) is 0 Å². The minimum atomic E-state index is -0.821. The summed E-state index contributed by atoms with van der Waals surface area (Å²) in [5.41, 5.74) is 0. The van der Waals surface area contributed by atoms with Crippen molar-refractivity contribution in [3.8, 4) is 0 Å². The maximum absolute atomic E-state index is 12.2. The SMILES string of the molecule is CCOCCN(C)C(=O)N1CCN(C(C)C(=O)O)CC1. The Balaban J connectivity index is 2.36. The number of ether oxygens (including phenoxy) is 1. The number of carbonyl (C=O) groups is 2. The predicted octanol–water partition coefficient (Wildman–Crippen LogP) is 0.165. The van der Waals surface area contributed by atoms with Gasteiger partial charge in [-0.15, -0.1) is 0 Å². The molecule has 7 nitrogen and oxygen atoms in total. The smallest absolute Gasteiger partial charge is 0.320 e. The molecule has 0 aromatic heterocycles. The molecule has 1 unspecified atom stereocenters. The number of amides is 2. The summed E-state index contributed by atoms with van der Waals surface area (Å²) in [6, 6.07) is -0.518. The van der Waals surface area contributed by atoms with Crippen LogP contribution in [-0.4, -0.2) is 90.8 Å². The van der Waals surface area contributed by atoms with Crippen molar-refractivity contribution >= 4 is 12.0 Å². The van der Waals surface area contributed by atoms with Crippen molar-refractivity contribution in [1.82, 2.24) is 14.7 Å². The van der Waals surface area contributed by atoms with Gasteiger partial charge in [0.2, 0.25) is 0 Å². The number of urea groups is 1. The third-order valence-electron chi connectivity index (χ3n) is 3.59. The Morgan fingerprint density at radius 2 is 1.90 bits per heavy atom. The molecule has 0 saturated carbocycles. The van der Waals surface area contributed by atoms with Gasteiger partial charge < -0.3 is 19.6 Å². The largest absolute Gasteiger partial charge is 0.480 e. The lowest BCUT2D eigenvalue weighted by Gasteiger charge is -2.38. The second kappa shape index (κ2) is 8.06. The zero-order valence-electron chi connectivity index (χ0n) is 12.5. The van der Waals surface area contributed by atoms with Gasteiger partial charge in [-0.05, 0) is 13.8 Å². The number of piperazine rings is 1. The number of carboxylic acids is 1. The van der Waals surface area contributed by atoms with Crippen LogP contribution < -0.4 is 0 Å². The molecule has 1 heterocycles. The van der Waals surface area contributed by atoms with E-state index in [1.807, 2.05) is 11.8 Å². The number of hydrogen-bond donors (Lipinski definition) is 1. The Morgan fingerprint density at radius 3 is 2.40 bits per heavy atom. The molecule has 116 valence electrons. The van der Waals surface area contributed by atoms with Crippen LogP contribution in [0.3, 0.4) is 0 Å². The highest BCUT2D eigenvalue weighted by atomic mass is 16.5. The molecule has 1 fully saturated rings. The number of carboxylic acid groups (broad SMARTS) is 1. The quantitative estimate of drug-likeness (QED) is 0.705. The molecule has 1 N–H and O–H groups in total. The fraction of sp³-hybridized carbons (Fsp3) is 0.846. The van der Waals surface area contributed by atoms with Crippen molar-refractivity contribution in [3.05, 3.63) is 0 Å². The normalized spacial score (nSPS) is 17.9. The monoisotopic (exact) mass is 287 g/mol. The summed E-state index contributed by atoms with van der Waals surface area (Å²) in [5.74, 6) is -0.821. The van der Waals surface area contributed by atoms with E-state index in [4.69, 9.17) is 9.84 Å². The summed E-state index contributed by atoms with van der Waals surface area (Å²) in [4.78, 5) is 28.4. The van der Waals surface area contributed by atoms with E-state index in [1.54, 1.807) is 23.8 Å². The van der Waals surface area contributed by atoms with Crippen molar-refractivity contribution in [3.63, 3.8) is 0 Å². The number of aliphatic carboxylic acids is 1. The van der Waals surface area contributed by atoms with Gasteiger partial charge in [-0.1, -0.05) is 0 Å². The molecule has 1 rings (SSSR count). The molecule has 0 spiro atoms. The van der Waals surface area contributed by atoms with E-state index in [0.29, 0.717) is 45.9 Å². The first-order chi connectivity index (χ1) is 9.47. The summed E-state index contributed by atoms with van der Waals surface area (Å²) >= 11 is 0. The molecular weight excluding hydrogens is 262 g/mol. The highest BCUT2D eigenvalue weighted by molar-refractivity contribution is 5.75. The lowest BCUT2D eigenvalue weighted by Crippen LogP contribution is -2.55. The average Bonchev–Trinajstić information content (AvgIpc) is 2.46. The van der Waals surface area contributed by atoms with Crippen LogP contribution in [0.1, 0.15) is 13.8 Å². The molecule has 7 heteroatoms. The lowest BCUT2D eigenvalue weighted by atomic mass is 10.2. The summed E-state index contributed by atoms with van der Waals surface area (Å²) in [6.07, 6.45) is 0. The number of rotatable bonds is 6. The standard InChI is InChI=1S/C13H25N3O4/c1-4-20-10-9-14(3)13(19)16-7-5-15(6-8-16)11(2)12(17)18/h11H,4-10H2,1-3H3,(H,17,18). The number of hydrogen-bond acceptors (Lipinski definition) is 4. The highest BCUT2D eigenvalue weighted by Gasteiger charge is 2.28. The zero-order chi connectivity index (χ0) is 15.1. The Hall–Kier alpha value is -1.34. The fourth-order valence-corrected chi connectivity index (χ4v) is 2.14. The van der Waals surface area contributed by atoms with Gasteiger partial charge in [-0.3, -0.25) is 9.69 Å².